The van der Waals surface area contributed by atoms with Crippen molar-refractivity contribution in [3.63, 3.8) is 0 Å². The molecule has 0 fully saturated rings. The number of unbranched alkanes of at least 4 members (excludes halogenated alkanes) is 6. The minimum absolute atomic E-state index is 0.250. The Morgan fingerprint density at radius 3 is 1.25 bits per heavy atom. The quantitative estimate of drug-likeness (QED) is 0.259. The van der Waals surface area contributed by atoms with E-state index in [1.165, 1.54) is 51.4 Å². The first kappa shape index (κ1) is 25.5. The Kier molecular flexibility index (Phi) is 21.6. The molecule has 0 aliphatic rings. The molecule has 0 saturated heterocycles. The van der Waals surface area contributed by atoms with Gasteiger partial charge in [-0.15, -0.1) is 0 Å². The van der Waals surface area contributed by atoms with E-state index in [9.17, 15) is 0 Å². The molecule has 0 aromatic rings. The molecule has 0 bridgehead atoms. The van der Waals surface area contributed by atoms with Gasteiger partial charge in [-0.3, -0.25) is 0 Å². The van der Waals surface area contributed by atoms with Crippen LogP contribution in [0.25, 0.3) is 0 Å². The molecule has 0 aliphatic carbocycles. The summed E-state index contributed by atoms with van der Waals surface area (Å²) in [5.74, 6) is -0.298. The summed E-state index contributed by atoms with van der Waals surface area (Å²) in [5, 5.41) is 0. The van der Waals surface area contributed by atoms with Gasteiger partial charge in [0, 0.05) is 12.8 Å². The van der Waals surface area contributed by atoms with Gasteiger partial charge in [0.25, 0.3) is 0 Å². The lowest BCUT2D eigenvalue weighted by Gasteiger charge is -2.34. The number of ether oxygens (including phenoxy) is 2. The minimum Gasteiger partial charge on any atom is -0.350 e. The molecular formula is C20H40O4. The standard InChI is InChI=1S/C19H40O2.CO2/c1-5-9-13-17-20-19(15-11-7-3,16-12-8-4)21-18-14-10-6-2;2-1-3/h5-18H2,1-4H3;. The molecule has 0 aliphatic heterocycles. The average molecular weight is 345 g/mol. The fourth-order valence-electron chi connectivity index (χ4n) is 2.57. The second kappa shape index (κ2) is 20.3. The number of hydrogen-bond acceptors (Lipinski definition) is 4. The second-order valence-electron chi connectivity index (χ2n) is 6.31. The van der Waals surface area contributed by atoms with Crippen molar-refractivity contribution in [3.8, 4) is 0 Å². The summed E-state index contributed by atoms with van der Waals surface area (Å²) in [7, 11) is 0. The summed E-state index contributed by atoms with van der Waals surface area (Å²) >= 11 is 0. The highest BCUT2D eigenvalue weighted by Gasteiger charge is 2.30. The van der Waals surface area contributed by atoms with Gasteiger partial charge in [0.2, 0.25) is 0 Å². The molecule has 0 aromatic heterocycles. The smallest absolute Gasteiger partial charge is 0.350 e. The molecule has 0 amide bonds. The van der Waals surface area contributed by atoms with Crippen LogP contribution in [0.15, 0.2) is 0 Å². The molecule has 144 valence electrons. The van der Waals surface area contributed by atoms with Gasteiger partial charge in [0.15, 0.2) is 5.79 Å². The van der Waals surface area contributed by atoms with Gasteiger partial charge in [0.1, 0.15) is 0 Å². The molecule has 4 nitrogen and oxygen atoms in total. The third-order valence-electron chi connectivity index (χ3n) is 4.05. The van der Waals surface area contributed by atoms with Crippen LogP contribution in [0.4, 0.5) is 0 Å². The van der Waals surface area contributed by atoms with E-state index in [4.69, 9.17) is 19.1 Å². The fraction of sp³-hybridized carbons (Fsp3) is 0.950. The Morgan fingerprint density at radius 1 is 0.625 bits per heavy atom. The highest BCUT2D eigenvalue weighted by Crippen LogP contribution is 2.28. The van der Waals surface area contributed by atoms with Crippen LogP contribution in [-0.2, 0) is 19.1 Å². The third-order valence-corrected chi connectivity index (χ3v) is 4.05. The summed E-state index contributed by atoms with van der Waals surface area (Å²) in [4.78, 5) is 16.2. The number of hydrogen-bond donors (Lipinski definition) is 0. The molecule has 0 heterocycles. The average Bonchev–Trinajstić information content (AvgIpc) is 2.59. The van der Waals surface area contributed by atoms with E-state index >= 15 is 0 Å². The number of rotatable bonds is 16. The Hall–Kier alpha value is -0.700. The van der Waals surface area contributed by atoms with Crippen molar-refractivity contribution in [2.75, 3.05) is 13.2 Å². The molecule has 0 rings (SSSR count). The summed E-state index contributed by atoms with van der Waals surface area (Å²) in [6, 6.07) is 0. The summed E-state index contributed by atoms with van der Waals surface area (Å²) in [6.07, 6.45) is 14.5. The first-order valence-corrected chi connectivity index (χ1v) is 9.93. The molecule has 0 radical (unpaired) electrons. The van der Waals surface area contributed by atoms with E-state index < -0.39 is 0 Å². The summed E-state index contributed by atoms with van der Waals surface area (Å²) in [5.41, 5.74) is 0. The highest BCUT2D eigenvalue weighted by atomic mass is 16.7. The Morgan fingerprint density at radius 2 is 0.958 bits per heavy atom. The van der Waals surface area contributed by atoms with Crippen molar-refractivity contribution >= 4 is 6.15 Å². The van der Waals surface area contributed by atoms with Crippen LogP contribution in [0, 0.1) is 0 Å². The molecule has 0 N–H and O–H groups in total. The lowest BCUT2D eigenvalue weighted by Crippen LogP contribution is -2.37. The first-order valence-electron chi connectivity index (χ1n) is 9.93. The van der Waals surface area contributed by atoms with Crippen molar-refractivity contribution in [1.29, 1.82) is 0 Å². The maximum absolute atomic E-state index is 8.12. The molecule has 24 heavy (non-hydrogen) atoms. The van der Waals surface area contributed by atoms with Crippen LogP contribution < -0.4 is 0 Å². The van der Waals surface area contributed by atoms with Crippen LogP contribution >= 0.6 is 0 Å². The maximum Gasteiger partial charge on any atom is 0.373 e. The van der Waals surface area contributed by atoms with Crippen molar-refractivity contribution in [2.45, 2.75) is 111 Å². The first-order chi connectivity index (χ1) is 11.7. The third kappa shape index (κ3) is 16.2. The number of carbonyl (C=O) groups excluding carboxylic acids is 2. The van der Waals surface area contributed by atoms with E-state index in [0.29, 0.717) is 0 Å². The van der Waals surface area contributed by atoms with E-state index in [0.717, 1.165) is 38.9 Å². The Bertz CT molecular complexity index is 251. The molecule has 0 unspecified atom stereocenters. The molecule has 0 atom stereocenters. The van der Waals surface area contributed by atoms with Gasteiger partial charge in [0.05, 0.1) is 13.2 Å². The second-order valence-corrected chi connectivity index (χ2v) is 6.31. The van der Waals surface area contributed by atoms with Crippen molar-refractivity contribution in [1.82, 2.24) is 0 Å². The molecule has 4 heteroatoms. The monoisotopic (exact) mass is 344 g/mol. The lowest BCUT2D eigenvalue weighted by molar-refractivity contribution is -0.247. The highest BCUT2D eigenvalue weighted by molar-refractivity contribution is 5.20. The van der Waals surface area contributed by atoms with Gasteiger partial charge in [-0.1, -0.05) is 66.2 Å². The topological polar surface area (TPSA) is 52.6 Å². The predicted octanol–water partition coefficient (Wildman–Crippen LogP) is 5.89. The van der Waals surface area contributed by atoms with Gasteiger partial charge in [-0.25, -0.2) is 0 Å². The van der Waals surface area contributed by atoms with Gasteiger partial charge in [-0.2, -0.15) is 9.59 Å². The van der Waals surface area contributed by atoms with Crippen molar-refractivity contribution in [3.05, 3.63) is 0 Å². The van der Waals surface area contributed by atoms with Crippen LogP contribution in [0.1, 0.15) is 105 Å². The normalized spacial score (nSPS) is 10.8. The SMILES string of the molecule is CCCCCOC(CCCC)(CCCC)OCCCCC.O=C=O. The molecule has 0 spiro atoms. The predicted molar refractivity (Wildman–Crippen MR) is 97.7 cm³/mol. The summed E-state index contributed by atoms with van der Waals surface area (Å²) < 4.78 is 12.6. The van der Waals surface area contributed by atoms with Crippen molar-refractivity contribution < 1.29 is 19.1 Å². The fourth-order valence-corrected chi connectivity index (χ4v) is 2.57. The van der Waals surface area contributed by atoms with Crippen LogP contribution in [0.3, 0.4) is 0 Å². The zero-order valence-corrected chi connectivity index (χ0v) is 16.5. The van der Waals surface area contributed by atoms with Crippen LogP contribution in [-0.4, -0.2) is 25.2 Å². The van der Waals surface area contributed by atoms with Gasteiger partial charge >= 0.3 is 6.15 Å². The van der Waals surface area contributed by atoms with Gasteiger partial charge in [-0.05, 0) is 25.7 Å². The minimum atomic E-state index is -0.298. The Balaban J connectivity index is 0. The van der Waals surface area contributed by atoms with E-state index in [1.54, 1.807) is 0 Å². The molecule has 0 saturated carbocycles. The zero-order valence-electron chi connectivity index (χ0n) is 16.5. The van der Waals surface area contributed by atoms with E-state index in [2.05, 4.69) is 27.7 Å². The van der Waals surface area contributed by atoms with Crippen LogP contribution in [0.5, 0.6) is 0 Å². The van der Waals surface area contributed by atoms with Crippen LogP contribution in [0.2, 0.25) is 0 Å². The maximum atomic E-state index is 8.12. The molecule has 0 aromatic carbocycles. The van der Waals surface area contributed by atoms with E-state index in [-0.39, 0.29) is 11.9 Å². The Labute approximate surface area is 149 Å². The largest absolute Gasteiger partial charge is 0.373 e. The van der Waals surface area contributed by atoms with Crippen molar-refractivity contribution in [2.24, 2.45) is 0 Å². The summed E-state index contributed by atoms with van der Waals surface area (Å²) in [6.45, 7) is 10.7. The van der Waals surface area contributed by atoms with Gasteiger partial charge < -0.3 is 9.47 Å². The van der Waals surface area contributed by atoms with E-state index in [1.807, 2.05) is 0 Å². The molecular weight excluding hydrogens is 304 g/mol. The lowest BCUT2D eigenvalue weighted by atomic mass is 10.0. The zero-order chi connectivity index (χ0) is 18.5.